The smallest absolute Gasteiger partial charge is 0.274 e. The standard InChI is InChI=1S/C31H24N4O3S/c1-15-3-5-21-17(7-15)9-23(33-21)29(37)32-20-4-6-22-18(8-20)10-24(34-22)30(38)35-13-19-12-31(19)26(35)11-25(36)28-27(31)16(2)14-39-28/h3-11,14,19,33-34H,12-13H2,1-2H3,(H,32,37)/t19-,31+/m1/s1. The molecule has 4 heterocycles. The third-order valence-corrected chi connectivity index (χ3v) is 9.66. The quantitative estimate of drug-likeness (QED) is 0.263. The van der Waals surface area contributed by atoms with Gasteiger partial charge in [-0.2, -0.15) is 0 Å². The normalized spacial score (nSPS) is 21.1. The van der Waals surface area contributed by atoms with Crippen LogP contribution in [-0.4, -0.2) is 39.0 Å². The molecule has 8 heteroatoms. The van der Waals surface area contributed by atoms with E-state index in [9.17, 15) is 14.4 Å². The minimum atomic E-state index is -0.228. The van der Waals surface area contributed by atoms with Crippen LogP contribution in [0.5, 0.6) is 0 Å². The lowest BCUT2D eigenvalue weighted by Crippen LogP contribution is -2.33. The average Bonchev–Trinajstić information content (AvgIpc) is 3.36. The number of thiophene rings is 1. The predicted octanol–water partition coefficient (Wildman–Crippen LogP) is 6.07. The highest BCUT2D eigenvalue weighted by molar-refractivity contribution is 7.12. The van der Waals surface area contributed by atoms with Crippen molar-refractivity contribution in [1.82, 2.24) is 14.9 Å². The van der Waals surface area contributed by atoms with E-state index < -0.39 is 0 Å². The molecule has 7 nitrogen and oxygen atoms in total. The molecule has 2 aromatic carbocycles. The van der Waals surface area contributed by atoms with Gasteiger partial charge >= 0.3 is 0 Å². The van der Waals surface area contributed by atoms with Crippen molar-refractivity contribution in [2.45, 2.75) is 25.7 Å². The number of hydrogen-bond donors (Lipinski definition) is 3. The number of nitrogens with one attached hydrogen (secondary N) is 3. The number of anilines is 1. The summed E-state index contributed by atoms with van der Waals surface area (Å²) in [5, 5.41) is 6.83. The number of amides is 2. The Bertz CT molecular complexity index is 1960. The van der Waals surface area contributed by atoms with E-state index in [2.05, 4.69) is 27.6 Å². The number of fused-ring (bicyclic) bond motifs is 3. The van der Waals surface area contributed by atoms with Crippen molar-refractivity contribution in [3.8, 4) is 0 Å². The van der Waals surface area contributed by atoms with E-state index >= 15 is 0 Å². The van der Waals surface area contributed by atoms with Gasteiger partial charge in [0.2, 0.25) is 0 Å². The molecule has 1 saturated heterocycles. The number of H-pyrrole nitrogens is 2. The van der Waals surface area contributed by atoms with E-state index in [4.69, 9.17) is 0 Å². The van der Waals surface area contributed by atoms with Crippen LogP contribution in [0.1, 0.15) is 53.8 Å². The SMILES string of the molecule is Cc1ccc2[nH]c(C(=O)Nc3ccc4[nH]c(C(=O)N5C[C@H]6C[C@@]67C5=CC(=O)c5scc(C)c57)cc4c3)cc2c1. The van der Waals surface area contributed by atoms with Crippen molar-refractivity contribution in [3.63, 3.8) is 0 Å². The van der Waals surface area contributed by atoms with Gasteiger partial charge in [0, 0.05) is 51.2 Å². The third-order valence-electron chi connectivity index (χ3n) is 8.54. The number of hydrogen-bond acceptors (Lipinski definition) is 4. The molecule has 2 fully saturated rings. The van der Waals surface area contributed by atoms with Gasteiger partial charge in [-0.25, -0.2) is 0 Å². The first kappa shape index (κ1) is 22.5. The lowest BCUT2D eigenvalue weighted by Gasteiger charge is -2.28. The fourth-order valence-corrected chi connectivity index (χ4v) is 7.72. The average molecular weight is 533 g/mol. The van der Waals surface area contributed by atoms with Crippen LogP contribution >= 0.6 is 11.3 Å². The van der Waals surface area contributed by atoms with Crippen LogP contribution < -0.4 is 5.32 Å². The molecule has 2 aliphatic carbocycles. The number of nitrogens with zero attached hydrogens (tertiary/aromatic N) is 1. The number of likely N-dealkylation sites (tertiary alicyclic amines) is 1. The Morgan fingerprint density at radius 1 is 1.00 bits per heavy atom. The Morgan fingerprint density at radius 3 is 2.59 bits per heavy atom. The first-order valence-electron chi connectivity index (χ1n) is 13.0. The predicted molar refractivity (Wildman–Crippen MR) is 152 cm³/mol. The fourth-order valence-electron chi connectivity index (χ4n) is 6.67. The van der Waals surface area contributed by atoms with E-state index in [-0.39, 0.29) is 23.0 Å². The monoisotopic (exact) mass is 532 g/mol. The summed E-state index contributed by atoms with van der Waals surface area (Å²) in [6, 6.07) is 15.2. The second-order valence-electron chi connectivity index (χ2n) is 11.0. The Hall–Kier alpha value is -4.43. The van der Waals surface area contributed by atoms with Crippen molar-refractivity contribution < 1.29 is 14.4 Å². The zero-order chi connectivity index (χ0) is 26.6. The second-order valence-corrected chi connectivity index (χ2v) is 11.9. The number of rotatable bonds is 3. The molecular formula is C31H24N4O3S. The van der Waals surface area contributed by atoms with Crippen LogP contribution in [0.2, 0.25) is 0 Å². The number of carbonyl (C=O) groups excluding carboxylic acids is 3. The Labute approximate surface area is 227 Å². The lowest BCUT2D eigenvalue weighted by molar-refractivity contribution is 0.0806. The fraction of sp³-hybridized carbons (Fsp3) is 0.194. The van der Waals surface area contributed by atoms with E-state index in [1.54, 1.807) is 11.0 Å². The van der Waals surface area contributed by atoms with Gasteiger partial charge in [-0.05, 0) is 85.2 Å². The molecule has 5 aromatic rings. The molecule has 0 unspecified atom stereocenters. The summed E-state index contributed by atoms with van der Waals surface area (Å²) < 4.78 is 0. The second kappa shape index (κ2) is 7.57. The summed E-state index contributed by atoms with van der Waals surface area (Å²) in [4.78, 5) is 48.6. The van der Waals surface area contributed by atoms with Crippen LogP contribution in [-0.2, 0) is 5.41 Å². The number of aromatic amines is 2. The minimum Gasteiger partial charge on any atom is -0.351 e. The number of ketones is 1. The summed E-state index contributed by atoms with van der Waals surface area (Å²) in [5.74, 6) is -0.00969. The number of aryl methyl sites for hydroxylation is 2. The summed E-state index contributed by atoms with van der Waals surface area (Å²) in [7, 11) is 0. The maximum Gasteiger partial charge on any atom is 0.274 e. The van der Waals surface area contributed by atoms with E-state index in [0.29, 0.717) is 29.5 Å². The van der Waals surface area contributed by atoms with Gasteiger partial charge in [0.25, 0.3) is 11.8 Å². The number of piperidine rings is 1. The van der Waals surface area contributed by atoms with Crippen LogP contribution in [0.3, 0.4) is 0 Å². The maximum atomic E-state index is 13.7. The highest BCUT2D eigenvalue weighted by atomic mass is 32.1. The molecule has 2 atom stereocenters. The number of aromatic nitrogens is 2. The molecule has 3 N–H and O–H groups in total. The van der Waals surface area contributed by atoms with Gasteiger partial charge in [-0.15, -0.1) is 11.3 Å². The van der Waals surface area contributed by atoms with Crippen LogP contribution in [0.15, 0.2) is 65.7 Å². The van der Waals surface area contributed by atoms with Gasteiger partial charge in [0.1, 0.15) is 11.4 Å². The Kier molecular flexibility index (Phi) is 4.38. The summed E-state index contributed by atoms with van der Waals surface area (Å²) in [6.07, 6.45) is 2.68. The summed E-state index contributed by atoms with van der Waals surface area (Å²) in [6.45, 7) is 4.70. The van der Waals surface area contributed by atoms with E-state index in [1.807, 2.05) is 55.5 Å². The first-order chi connectivity index (χ1) is 18.8. The van der Waals surface area contributed by atoms with Crippen LogP contribution in [0, 0.1) is 19.8 Å². The molecule has 1 spiro atoms. The Balaban J connectivity index is 1.06. The highest BCUT2D eigenvalue weighted by Crippen LogP contribution is 2.68. The maximum absolute atomic E-state index is 13.7. The topological polar surface area (TPSA) is 98.1 Å². The Morgan fingerprint density at radius 2 is 1.74 bits per heavy atom. The van der Waals surface area contributed by atoms with Crippen molar-refractivity contribution >= 4 is 56.4 Å². The molecule has 2 amide bonds. The zero-order valence-corrected chi connectivity index (χ0v) is 22.2. The van der Waals surface area contributed by atoms with Crippen molar-refractivity contribution in [1.29, 1.82) is 0 Å². The molecule has 8 rings (SSSR count). The van der Waals surface area contributed by atoms with Gasteiger partial charge in [0.15, 0.2) is 5.78 Å². The lowest BCUT2D eigenvalue weighted by atomic mass is 9.84. The van der Waals surface area contributed by atoms with Gasteiger partial charge in [-0.3, -0.25) is 14.4 Å². The largest absolute Gasteiger partial charge is 0.351 e. The van der Waals surface area contributed by atoms with Crippen LogP contribution in [0.4, 0.5) is 5.69 Å². The van der Waals surface area contributed by atoms with Crippen molar-refractivity contribution in [3.05, 3.63) is 98.6 Å². The molecule has 39 heavy (non-hydrogen) atoms. The third kappa shape index (κ3) is 3.12. The van der Waals surface area contributed by atoms with Gasteiger partial charge < -0.3 is 20.2 Å². The highest BCUT2D eigenvalue weighted by Gasteiger charge is 2.68. The summed E-state index contributed by atoms with van der Waals surface area (Å²) in [5.41, 5.74) is 7.39. The first-order valence-corrected chi connectivity index (χ1v) is 13.9. The number of benzene rings is 2. The van der Waals surface area contributed by atoms with Crippen molar-refractivity contribution in [2.75, 3.05) is 11.9 Å². The molecule has 1 saturated carbocycles. The molecular weight excluding hydrogens is 508 g/mol. The number of carbonyl (C=O) groups is 3. The zero-order valence-electron chi connectivity index (χ0n) is 21.3. The van der Waals surface area contributed by atoms with E-state index in [1.165, 1.54) is 11.3 Å². The molecule has 0 radical (unpaired) electrons. The van der Waals surface area contributed by atoms with Crippen molar-refractivity contribution in [2.24, 2.45) is 5.92 Å². The van der Waals surface area contributed by atoms with E-state index in [0.717, 1.165) is 55.5 Å². The molecule has 3 aliphatic rings. The summed E-state index contributed by atoms with van der Waals surface area (Å²) >= 11 is 1.51. The minimum absolute atomic E-state index is 0.00352. The van der Waals surface area contributed by atoms with Gasteiger partial charge in [-0.1, -0.05) is 11.6 Å². The molecule has 3 aromatic heterocycles. The molecule has 0 bridgehead atoms. The molecule has 192 valence electrons. The molecule has 1 aliphatic heterocycles. The van der Waals surface area contributed by atoms with Crippen LogP contribution in [0.25, 0.3) is 21.8 Å². The van der Waals surface area contributed by atoms with Gasteiger partial charge in [0.05, 0.1) is 4.88 Å². The number of allylic oxidation sites excluding steroid dienone is 2.